The highest BCUT2D eigenvalue weighted by molar-refractivity contribution is 5.89. The fourth-order valence-electron chi connectivity index (χ4n) is 6.04. The van der Waals surface area contributed by atoms with Crippen LogP contribution in [0.25, 0.3) is 39.4 Å². The van der Waals surface area contributed by atoms with E-state index in [1.807, 2.05) is 82.3 Å². The first kappa shape index (κ1) is 30.8. The summed E-state index contributed by atoms with van der Waals surface area (Å²) in [5.41, 5.74) is 12.9. The lowest BCUT2D eigenvalue weighted by atomic mass is 10.1. The Morgan fingerprint density at radius 3 is 2.58 bits per heavy atom. The Morgan fingerprint density at radius 1 is 0.917 bits per heavy atom. The number of imidazole rings is 1. The summed E-state index contributed by atoms with van der Waals surface area (Å²) in [5.74, 6) is 1.45. The van der Waals surface area contributed by atoms with Crippen molar-refractivity contribution < 1.29 is 4.79 Å². The van der Waals surface area contributed by atoms with Gasteiger partial charge in [-0.2, -0.15) is 4.98 Å². The van der Waals surface area contributed by atoms with Crippen molar-refractivity contribution in [2.45, 2.75) is 19.4 Å². The molecule has 0 spiro atoms. The van der Waals surface area contributed by atoms with Crippen LogP contribution in [0.4, 0.5) is 22.4 Å². The minimum Gasteiger partial charge on any atom is -0.368 e. The van der Waals surface area contributed by atoms with E-state index in [4.69, 9.17) is 20.7 Å². The predicted molar refractivity (Wildman–Crippen MR) is 189 cm³/mol. The number of nitrogens with two attached hydrogens (primary N) is 1. The van der Waals surface area contributed by atoms with Crippen LogP contribution >= 0.6 is 0 Å². The topological polar surface area (TPSA) is 143 Å². The molecule has 0 aliphatic carbocycles. The summed E-state index contributed by atoms with van der Waals surface area (Å²) >= 11 is 0. The molecule has 1 atom stereocenters. The lowest BCUT2D eigenvalue weighted by Gasteiger charge is -2.39. The molecule has 3 aromatic carbocycles. The number of fused-ring (bicyclic) bond motifs is 1. The van der Waals surface area contributed by atoms with E-state index in [9.17, 15) is 4.79 Å². The number of benzene rings is 3. The summed E-state index contributed by atoms with van der Waals surface area (Å²) in [5, 5.41) is 6.50. The Morgan fingerprint density at radius 2 is 1.75 bits per heavy atom. The van der Waals surface area contributed by atoms with Crippen molar-refractivity contribution in [2.24, 2.45) is 0 Å². The molecule has 1 saturated heterocycles. The molecule has 0 radical (unpaired) electrons. The highest BCUT2D eigenvalue weighted by Crippen LogP contribution is 2.28. The number of carbonyl (C=O) groups is 1. The molecule has 1 aliphatic rings. The zero-order valence-corrected chi connectivity index (χ0v) is 26.9. The van der Waals surface area contributed by atoms with Gasteiger partial charge in [0, 0.05) is 61.3 Å². The lowest BCUT2D eigenvalue weighted by Crippen LogP contribution is -2.54. The number of hydrogen-bond donors (Lipinski definition) is 3. The standard InChI is InChI=1S/C36H37N11O/c1-24-8-6-7-11-28(24)30-21-33(47-23-40-31-20-25(12-13-32(31)47)29-15-17-38-34(37)42-29)44-35(43-30)39-16-14-27-22-46(19-18-45(27)2)36(48)41-26-9-4-3-5-10-26/h3-13,15,17,20-21,23,27H,14,16,18-19,22H2,1-2H3,(H,41,48)(H2,37,38,42)(H,39,43,44). The average molecular weight is 640 g/mol. The molecule has 2 amide bonds. The van der Waals surface area contributed by atoms with Crippen molar-refractivity contribution >= 4 is 34.6 Å². The molecule has 3 aromatic heterocycles. The second-order valence-corrected chi connectivity index (χ2v) is 12.0. The lowest BCUT2D eigenvalue weighted by molar-refractivity contribution is 0.113. The van der Waals surface area contributed by atoms with E-state index in [1.54, 1.807) is 12.5 Å². The van der Waals surface area contributed by atoms with Gasteiger partial charge in [0.15, 0.2) is 0 Å². The van der Waals surface area contributed by atoms with Crippen molar-refractivity contribution in [1.82, 2.24) is 39.3 Å². The maximum absolute atomic E-state index is 13.0. The molecule has 0 bridgehead atoms. The largest absolute Gasteiger partial charge is 0.368 e. The first-order valence-electron chi connectivity index (χ1n) is 16.0. The number of urea groups is 1. The summed E-state index contributed by atoms with van der Waals surface area (Å²) in [7, 11) is 2.11. The molecular weight excluding hydrogens is 602 g/mol. The number of nitrogens with one attached hydrogen (secondary N) is 2. The van der Waals surface area contributed by atoms with Gasteiger partial charge in [-0.15, -0.1) is 0 Å². The maximum Gasteiger partial charge on any atom is 0.321 e. The van der Waals surface area contributed by atoms with E-state index in [0.29, 0.717) is 31.4 Å². The molecule has 1 unspecified atom stereocenters. The SMILES string of the molecule is Cc1ccccc1-c1cc(-n2cnc3cc(-c4ccnc(N)n4)ccc32)nc(NCCC2CN(C(=O)Nc3ccccc3)CCN2C)n1. The normalized spacial score (nSPS) is 15.0. The van der Waals surface area contributed by atoms with Gasteiger partial charge in [0.1, 0.15) is 12.1 Å². The monoisotopic (exact) mass is 639 g/mol. The molecular formula is C36H37N11O. The summed E-state index contributed by atoms with van der Waals surface area (Å²) in [6.45, 7) is 4.83. The number of amides is 2. The third kappa shape index (κ3) is 6.65. The van der Waals surface area contributed by atoms with E-state index in [0.717, 1.165) is 57.8 Å². The van der Waals surface area contributed by atoms with Crippen LogP contribution in [0.1, 0.15) is 12.0 Å². The zero-order valence-electron chi connectivity index (χ0n) is 26.9. The Labute approximate surface area is 278 Å². The van der Waals surface area contributed by atoms with Crippen molar-refractivity contribution in [1.29, 1.82) is 0 Å². The minimum atomic E-state index is -0.0768. The quantitative estimate of drug-likeness (QED) is 0.197. The molecule has 12 nitrogen and oxygen atoms in total. The number of carbonyl (C=O) groups excluding carboxylic acids is 1. The minimum absolute atomic E-state index is 0.0768. The van der Waals surface area contributed by atoms with Crippen LogP contribution < -0.4 is 16.4 Å². The van der Waals surface area contributed by atoms with Crippen LogP contribution in [0.2, 0.25) is 0 Å². The third-order valence-electron chi connectivity index (χ3n) is 8.75. The van der Waals surface area contributed by atoms with Gasteiger partial charge in [0.05, 0.1) is 22.4 Å². The number of aryl methyl sites for hydroxylation is 1. The number of para-hydroxylation sites is 1. The second-order valence-electron chi connectivity index (χ2n) is 12.0. The number of aromatic nitrogens is 6. The molecule has 7 rings (SSSR count). The van der Waals surface area contributed by atoms with Crippen LogP contribution in [0.15, 0.2) is 97.5 Å². The van der Waals surface area contributed by atoms with Gasteiger partial charge in [-0.05, 0) is 56.3 Å². The Balaban J connectivity index is 1.12. The van der Waals surface area contributed by atoms with Crippen LogP contribution in [0.5, 0.6) is 0 Å². The van der Waals surface area contributed by atoms with Gasteiger partial charge in [0.25, 0.3) is 0 Å². The van der Waals surface area contributed by atoms with E-state index in [-0.39, 0.29) is 18.0 Å². The molecule has 1 aliphatic heterocycles. The molecule has 4 N–H and O–H groups in total. The number of nitrogen functional groups attached to an aromatic ring is 1. The highest BCUT2D eigenvalue weighted by atomic mass is 16.2. The Hall–Kier alpha value is -5.88. The van der Waals surface area contributed by atoms with Crippen molar-refractivity contribution in [3.05, 3.63) is 103 Å². The summed E-state index contributed by atoms with van der Waals surface area (Å²) in [6, 6.07) is 27.7. The highest BCUT2D eigenvalue weighted by Gasteiger charge is 2.27. The Bertz CT molecular complexity index is 2060. The number of rotatable bonds is 8. The van der Waals surface area contributed by atoms with Gasteiger partial charge in [-0.3, -0.25) is 9.47 Å². The van der Waals surface area contributed by atoms with Crippen LogP contribution in [0.3, 0.4) is 0 Å². The summed E-state index contributed by atoms with van der Waals surface area (Å²) in [4.78, 5) is 40.1. The van der Waals surface area contributed by atoms with Gasteiger partial charge in [0.2, 0.25) is 11.9 Å². The number of piperazine rings is 1. The fourth-order valence-corrected chi connectivity index (χ4v) is 6.04. The summed E-state index contributed by atoms with van der Waals surface area (Å²) in [6.07, 6.45) is 4.24. The van der Waals surface area contributed by atoms with Gasteiger partial charge < -0.3 is 21.3 Å². The Kier molecular flexibility index (Phi) is 8.63. The smallest absolute Gasteiger partial charge is 0.321 e. The maximum atomic E-state index is 13.0. The first-order valence-corrected chi connectivity index (χ1v) is 16.0. The molecule has 4 heterocycles. The van der Waals surface area contributed by atoms with Crippen molar-refractivity contribution in [3.8, 4) is 28.3 Å². The number of nitrogens with zero attached hydrogens (tertiary/aromatic N) is 8. The molecule has 6 aromatic rings. The fraction of sp³-hybridized carbons (Fsp3) is 0.222. The molecule has 1 fully saturated rings. The van der Waals surface area contributed by atoms with E-state index in [1.165, 1.54) is 0 Å². The summed E-state index contributed by atoms with van der Waals surface area (Å²) < 4.78 is 1.97. The molecule has 0 saturated carbocycles. The molecule has 242 valence electrons. The second kappa shape index (κ2) is 13.5. The zero-order chi connectivity index (χ0) is 33.0. The van der Waals surface area contributed by atoms with E-state index >= 15 is 0 Å². The van der Waals surface area contributed by atoms with Crippen molar-refractivity contribution in [2.75, 3.05) is 49.6 Å². The third-order valence-corrected chi connectivity index (χ3v) is 8.75. The first-order chi connectivity index (χ1) is 23.4. The predicted octanol–water partition coefficient (Wildman–Crippen LogP) is 5.48. The molecule has 48 heavy (non-hydrogen) atoms. The van der Waals surface area contributed by atoms with Gasteiger partial charge >= 0.3 is 6.03 Å². The van der Waals surface area contributed by atoms with Crippen LogP contribution in [-0.2, 0) is 0 Å². The van der Waals surface area contributed by atoms with Crippen LogP contribution in [-0.4, -0.2) is 84.6 Å². The average Bonchev–Trinajstić information content (AvgIpc) is 3.53. The van der Waals surface area contributed by atoms with Gasteiger partial charge in [-0.25, -0.2) is 24.7 Å². The van der Waals surface area contributed by atoms with E-state index < -0.39 is 0 Å². The number of likely N-dealkylation sites (N-methyl/N-ethyl adjacent to an activating group) is 1. The van der Waals surface area contributed by atoms with Gasteiger partial charge in [-0.1, -0.05) is 48.5 Å². The van der Waals surface area contributed by atoms with Crippen LogP contribution in [0, 0.1) is 6.92 Å². The molecule has 12 heteroatoms. The number of hydrogen-bond acceptors (Lipinski definition) is 9. The van der Waals surface area contributed by atoms with E-state index in [2.05, 4.69) is 51.6 Å². The van der Waals surface area contributed by atoms with Crippen molar-refractivity contribution in [3.63, 3.8) is 0 Å². The number of anilines is 3.